The molecule has 0 spiro atoms. The summed E-state index contributed by atoms with van der Waals surface area (Å²) in [5.74, 6) is -0.927. The average molecular weight is 340 g/mol. The van der Waals surface area contributed by atoms with Gasteiger partial charge in [0, 0.05) is 24.5 Å². The van der Waals surface area contributed by atoms with Crippen molar-refractivity contribution in [2.45, 2.75) is 6.92 Å². The molecule has 4 nitrogen and oxygen atoms in total. The standard InChI is InChI=1S/C12H9IN2O2/c1-8-5-11(12(16)17)15(13-8)10-4-2-3-9(6-10)7-14/h2-6H,1H3,(H,16,17). The summed E-state index contributed by atoms with van der Waals surface area (Å²) in [6.07, 6.45) is 1.70. The van der Waals surface area contributed by atoms with Gasteiger partial charge in [0.15, 0.2) is 0 Å². The molecule has 5 heteroatoms. The maximum absolute atomic E-state index is 11.1. The molecular weight excluding hydrogens is 331 g/mol. The van der Waals surface area contributed by atoms with E-state index in [2.05, 4.69) is 6.07 Å². The zero-order valence-corrected chi connectivity index (χ0v) is 11.2. The smallest absolute Gasteiger partial charge is 0.353 e. The van der Waals surface area contributed by atoms with E-state index in [4.69, 9.17) is 10.4 Å². The number of benzene rings is 1. The van der Waals surface area contributed by atoms with E-state index < -0.39 is 27.0 Å². The molecule has 0 aromatic heterocycles. The second-order valence-corrected chi connectivity index (χ2v) is 6.60. The van der Waals surface area contributed by atoms with Crippen molar-refractivity contribution in [3.8, 4) is 6.07 Å². The van der Waals surface area contributed by atoms with Crippen LogP contribution in [0.2, 0.25) is 0 Å². The lowest BCUT2D eigenvalue weighted by molar-refractivity contribution is -0.132. The largest absolute Gasteiger partial charge is 0.477 e. The van der Waals surface area contributed by atoms with Crippen molar-refractivity contribution < 1.29 is 9.90 Å². The second-order valence-electron chi connectivity index (χ2n) is 3.45. The SMILES string of the molecule is CC1=IN(c2cccc(C#N)c2)C(C(=O)O)=C1. The molecule has 0 fully saturated rings. The van der Waals surface area contributed by atoms with Gasteiger partial charge in [0.05, 0.1) is 17.3 Å². The van der Waals surface area contributed by atoms with E-state index in [0.29, 0.717) is 11.3 Å². The van der Waals surface area contributed by atoms with E-state index in [0.717, 1.165) is 9.20 Å². The molecule has 0 bridgehead atoms. The van der Waals surface area contributed by atoms with E-state index in [1.165, 1.54) is 0 Å². The maximum Gasteiger partial charge on any atom is 0.353 e. The fourth-order valence-corrected chi connectivity index (χ4v) is 3.86. The Labute approximate surface area is 109 Å². The Morgan fingerprint density at radius 2 is 2.29 bits per heavy atom. The van der Waals surface area contributed by atoms with Gasteiger partial charge in [-0.05, 0) is 31.2 Å². The summed E-state index contributed by atoms with van der Waals surface area (Å²) in [6.45, 7) is 1.93. The van der Waals surface area contributed by atoms with E-state index >= 15 is 0 Å². The quantitative estimate of drug-likeness (QED) is 0.663. The number of allylic oxidation sites excluding steroid dienone is 1. The first kappa shape index (κ1) is 11.8. The molecule has 0 atom stereocenters. The number of hydrogen-bond donors (Lipinski definition) is 1. The van der Waals surface area contributed by atoms with Crippen LogP contribution < -0.4 is 3.11 Å². The van der Waals surface area contributed by atoms with Crippen LogP contribution in [0.3, 0.4) is 0 Å². The number of hydrogen-bond acceptors (Lipinski definition) is 3. The highest BCUT2D eigenvalue weighted by Gasteiger charge is 2.22. The molecule has 1 N–H and O–H groups in total. The van der Waals surface area contributed by atoms with Gasteiger partial charge in [0.25, 0.3) is 0 Å². The predicted octanol–water partition coefficient (Wildman–Crippen LogP) is 2.42. The number of anilines is 1. The second kappa shape index (κ2) is 4.67. The number of nitrogens with zero attached hydrogens (tertiary/aromatic N) is 2. The Morgan fingerprint density at radius 1 is 1.53 bits per heavy atom. The highest BCUT2D eigenvalue weighted by atomic mass is 127. The molecular formula is C12H9IN2O2. The van der Waals surface area contributed by atoms with E-state index in [1.54, 1.807) is 27.4 Å². The molecule has 1 aromatic rings. The van der Waals surface area contributed by atoms with Crippen LogP contribution >= 0.6 is 21.0 Å². The molecule has 0 aliphatic carbocycles. The number of carboxylic acid groups (broad SMARTS) is 1. The number of halogens is 1. The molecule has 1 heterocycles. The van der Waals surface area contributed by atoms with Crippen molar-refractivity contribution >= 4 is 36.2 Å². The molecule has 86 valence electrons. The van der Waals surface area contributed by atoms with E-state index in [-0.39, 0.29) is 0 Å². The number of carbonyl (C=O) groups is 1. The molecule has 1 aromatic carbocycles. The normalized spacial score (nSPS) is 14.5. The molecule has 0 saturated carbocycles. The number of carboxylic acids is 1. The lowest BCUT2D eigenvalue weighted by atomic mass is 10.2. The fourth-order valence-electron chi connectivity index (χ4n) is 1.48. The Kier molecular flexibility index (Phi) is 3.24. The van der Waals surface area contributed by atoms with Crippen LogP contribution in [0, 0.1) is 11.3 Å². The first-order chi connectivity index (χ1) is 8.11. The maximum atomic E-state index is 11.1. The summed E-state index contributed by atoms with van der Waals surface area (Å²) in [7, 11) is 0. The van der Waals surface area contributed by atoms with Crippen LogP contribution in [-0.4, -0.2) is 14.6 Å². The van der Waals surface area contributed by atoms with Crippen molar-refractivity contribution in [3.05, 3.63) is 41.6 Å². The zero-order valence-electron chi connectivity index (χ0n) is 9.01. The van der Waals surface area contributed by atoms with Crippen LogP contribution in [0.4, 0.5) is 5.69 Å². The van der Waals surface area contributed by atoms with Gasteiger partial charge in [-0.15, -0.1) is 0 Å². The molecule has 1 aliphatic rings. The Hall–Kier alpha value is -1.68. The van der Waals surface area contributed by atoms with Gasteiger partial charge < -0.3 is 5.11 Å². The van der Waals surface area contributed by atoms with Crippen LogP contribution in [0.1, 0.15) is 12.5 Å². The van der Waals surface area contributed by atoms with Crippen LogP contribution in [0.15, 0.2) is 36.0 Å². The van der Waals surface area contributed by atoms with E-state index in [1.807, 2.05) is 13.0 Å². The minimum absolute atomic E-state index is 0.297. The van der Waals surface area contributed by atoms with Crippen molar-refractivity contribution in [2.75, 3.05) is 3.11 Å². The van der Waals surface area contributed by atoms with Gasteiger partial charge in [0.2, 0.25) is 0 Å². The molecule has 0 radical (unpaired) electrons. The molecule has 0 saturated heterocycles. The van der Waals surface area contributed by atoms with Gasteiger partial charge in [-0.2, -0.15) is 5.26 Å². The van der Waals surface area contributed by atoms with E-state index in [9.17, 15) is 4.79 Å². The first-order valence-corrected chi connectivity index (χ1v) is 6.90. The topological polar surface area (TPSA) is 64.3 Å². The summed E-state index contributed by atoms with van der Waals surface area (Å²) in [5.41, 5.74) is 1.62. The van der Waals surface area contributed by atoms with Crippen LogP contribution in [0.25, 0.3) is 0 Å². The van der Waals surface area contributed by atoms with Crippen LogP contribution in [-0.2, 0) is 4.79 Å². The lowest BCUT2D eigenvalue weighted by Crippen LogP contribution is -2.15. The molecule has 17 heavy (non-hydrogen) atoms. The van der Waals surface area contributed by atoms with Crippen molar-refractivity contribution in [2.24, 2.45) is 0 Å². The summed E-state index contributed by atoms with van der Waals surface area (Å²) in [5, 5.41) is 18.0. The number of nitriles is 1. The summed E-state index contributed by atoms with van der Waals surface area (Å²) in [6, 6.07) is 9.08. The zero-order chi connectivity index (χ0) is 12.4. The van der Waals surface area contributed by atoms with Crippen molar-refractivity contribution in [1.29, 1.82) is 5.26 Å². The summed E-state index contributed by atoms with van der Waals surface area (Å²) in [4.78, 5) is 11.1. The third-order valence-electron chi connectivity index (χ3n) is 2.19. The third kappa shape index (κ3) is 2.36. The van der Waals surface area contributed by atoms with Gasteiger partial charge in [-0.25, -0.2) is 4.79 Å². The van der Waals surface area contributed by atoms with Gasteiger partial charge in [-0.3, -0.25) is 3.11 Å². The summed E-state index contributed by atoms with van der Waals surface area (Å²) >= 11 is -0.490. The number of aliphatic carboxylic acids is 1. The van der Waals surface area contributed by atoms with Gasteiger partial charge >= 0.3 is 5.97 Å². The predicted molar refractivity (Wildman–Crippen MR) is 74.1 cm³/mol. The van der Waals surface area contributed by atoms with Crippen molar-refractivity contribution in [1.82, 2.24) is 0 Å². The monoisotopic (exact) mass is 340 g/mol. The minimum Gasteiger partial charge on any atom is -0.477 e. The molecule has 1 aliphatic heterocycles. The average Bonchev–Trinajstić information content (AvgIpc) is 2.72. The summed E-state index contributed by atoms with van der Waals surface area (Å²) < 4.78 is 2.90. The third-order valence-corrected chi connectivity index (χ3v) is 4.82. The number of rotatable bonds is 2. The highest BCUT2D eigenvalue weighted by Crippen LogP contribution is 2.33. The molecule has 0 amide bonds. The van der Waals surface area contributed by atoms with Gasteiger partial charge in [-0.1, -0.05) is 6.07 Å². The van der Waals surface area contributed by atoms with Crippen molar-refractivity contribution in [3.63, 3.8) is 0 Å². The minimum atomic E-state index is -0.927. The Morgan fingerprint density at radius 3 is 2.94 bits per heavy atom. The lowest BCUT2D eigenvalue weighted by Gasteiger charge is -2.16. The van der Waals surface area contributed by atoms with Crippen LogP contribution in [0.5, 0.6) is 0 Å². The molecule has 0 unspecified atom stereocenters. The first-order valence-electron chi connectivity index (χ1n) is 4.86. The van der Waals surface area contributed by atoms with Gasteiger partial charge in [0.1, 0.15) is 5.70 Å². The fraction of sp³-hybridized carbons (Fsp3) is 0.0833. The molecule has 2 rings (SSSR count). The highest BCUT2D eigenvalue weighted by molar-refractivity contribution is 14.2. The Bertz CT molecular complexity index is 584. The Balaban J connectivity index is 2.44.